The Labute approximate surface area is 96.5 Å². The molecule has 0 fully saturated rings. The van der Waals surface area contributed by atoms with E-state index in [0.29, 0.717) is 19.3 Å². The second kappa shape index (κ2) is 6.09. The molecule has 0 heterocycles. The molecule has 0 bridgehead atoms. The molecule has 0 spiro atoms. The smallest absolute Gasteiger partial charge is 0.327 e. The Morgan fingerprint density at radius 1 is 1.47 bits per heavy atom. The summed E-state index contributed by atoms with van der Waals surface area (Å²) in [5.41, 5.74) is -0.949. The number of nitro groups is 1. The third-order valence-electron chi connectivity index (χ3n) is 1.98. The van der Waals surface area contributed by atoms with Crippen LogP contribution in [0.15, 0.2) is 12.1 Å². The largest absolute Gasteiger partial charge is 0.380 e. The third-order valence-corrected chi connectivity index (χ3v) is 1.98. The first-order valence-corrected chi connectivity index (χ1v) is 5.01. The Bertz CT molecular complexity index is 413. The van der Waals surface area contributed by atoms with Gasteiger partial charge in [-0.2, -0.15) is 4.39 Å². The molecule has 0 unspecified atom stereocenters. The Morgan fingerprint density at radius 3 is 2.76 bits per heavy atom. The highest BCUT2D eigenvalue weighted by molar-refractivity contribution is 5.62. The molecule has 0 saturated heterocycles. The van der Waals surface area contributed by atoms with Gasteiger partial charge in [0.2, 0.25) is 5.82 Å². The van der Waals surface area contributed by atoms with E-state index in [1.165, 1.54) is 0 Å². The van der Waals surface area contributed by atoms with Crippen molar-refractivity contribution in [1.82, 2.24) is 0 Å². The molecule has 0 radical (unpaired) electrons. The quantitative estimate of drug-likeness (QED) is 0.475. The van der Waals surface area contributed by atoms with E-state index < -0.39 is 22.2 Å². The number of anilines is 1. The molecule has 1 aromatic rings. The van der Waals surface area contributed by atoms with E-state index in [-0.39, 0.29) is 12.2 Å². The highest BCUT2D eigenvalue weighted by atomic mass is 19.1. The first kappa shape index (κ1) is 13.3. The van der Waals surface area contributed by atoms with Crippen molar-refractivity contribution < 1.29 is 18.4 Å². The molecule has 94 valence electrons. The van der Waals surface area contributed by atoms with Crippen molar-refractivity contribution >= 4 is 11.4 Å². The van der Waals surface area contributed by atoms with Crippen LogP contribution in [0.2, 0.25) is 0 Å². The van der Waals surface area contributed by atoms with Gasteiger partial charge >= 0.3 is 5.69 Å². The normalized spacial score (nSPS) is 10.3. The van der Waals surface area contributed by atoms with E-state index in [9.17, 15) is 18.9 Å². The maximum absolute atomic E-state index is 13.2. The van der Waals surface area contributed by atoms with Gasteiger partial charge in [-0.25, -0.2) is 4.39 Å². The summed E-state index contributed by atoms with van der Waals surface area (Å²) in [7, 11) is 0. The number of hydrogen-bond donors (Lipinski definition) is 1. The zero-order valence-electron chi connectivity index (χ0n) is 9.20. The minimum absolute atomic E-state index is 0.188. The standard InChI is InChI=1S/C10H12F2N2O3/c1-2-17-4-3-13-9-6-7(11)5-8(12)10(9)14(15)16/h5-6,13H,2-4H2,1H3. The van der Waals surface area contributed by atoms with Crippen molar-refractivity contribution in [2.24, 2.45) is 0 Å². The summed E-state index contributed by atoms with van der Waals surface area (Å²) in [6.45, 7) is 2.83. The number of nitro benzene ring substituents is 1. The number of nitrogens with one attached hydrogen (secondary N) is 1. The Morgan fingerprint density at radius 2 is 2.18 bits per heavy atom. The third kappa shape index (κ3) is 3.63. The molecule has 0 aliphatic heterocycles. The number of benzene rings is 1. The fraction of sp³-hybridized carbons (Fsp3) is 0.400. The predicted molar refractivity (Wildman–Crippen MR) is 58.0 cm³/mol. The van der Waals surface area contributed by atoms with E-state index in [1.807, 2.05) is 0 Å². The van der Waals surface area contributed by atoms with E-state index in [2.05, 4.69) is 5.32 Å². The Hall–Kier alpha value is -1.76. The molecule has 0 aromatic heterocycles. The van der Waals surface area contributed by atoms with Crippen LogP contribution in [0.4, 0.5) is 20.2 Å². The summed E-state index contributed by atoms with van der Waals surface area (Å²) in [4.78, 5) is 9.72. The molecular weight excluding hydrogens is 234 g/mol. The van der Waals surface area contributed by atoms with E-state index in [1.54, 1.807) is 6.92 Å². The van der Waals surface area contributed by atoms with Crippen molar-refractivity contribution in [2.75, 3.05) is 25.1 Å². The number of ether oxygens (including phenoxy) is 1. The fourth-order valence-electron chi connectivity index (χ4n) is 1.29. The van der Waals surface area contributed by atoms with Crippen LogP contribution in [0.1, 0.15) is 6.92 Å². The van der Waals surface area contributed by atoms with Gasteiger partial charge in [0, 0.05) is 25.3 Å². The lowest BCUT2D eigenvalue weighted by Gasteiger charge is -2.07. The minimum Gasteiger partial charge on any atom is -0.380 e. The van der Waals surface area contributed by atoms with Gasteiger partial charge in [0.15, 0.2) is 0 Å². The number of rotatable bonds is 6. The summed E-state index contributed by atoms with van der Waals surface area (Å²) >= 11 is 0. The second-order valence-electron chi connectivity index (χ2n) is 3.16. The van der Waals surface area contributed by atoms with Gasteiger partial charge in [0.25, 0.3) is 0 Å². The Kier molecular flexibility index (Phi) is 4.77. The maximum Gasteiger partial charge on any atom is 0.327 e. The molecule has 5 nitrogen and oxygen atoms in total. The van der Waals surface area contributed by atoms with Crippen molar-refractivity contribution in [3.8, 4) is 0 Å². The molecule has 7 heteroatoms. The molecular formula is C10H12F2N2O3. The van der Waals surface area contributed by atoms with Crippen molar-refractivity contribution in [3.05, 3.63) is 33.9 Å². The summed E-state index contributed by atoms with van der Waals surface area (Å²) in [5.74, 6) is -2.07. The SMILES string of the molecule is CCOCCNc1cc(F)cc(F)c1[N+](=O)[O-]. The first-order valence-electron chi connectivity index (χ1n) is 5.01. The highest BCUT2D eigenvalue weighted by Crippen LogP contribution is 2.28. The lowest BCUT2D eigenvalue weighted by Crippen LogP contribution is -2.11. The van der Waals surface area contributed by atoms with Crippen LogP contribution >= 0.6 is 0 Å². The van der Waals surface area contributed by atoms with E-state index in [4.69, 9.17) is 4.74 Å². The average Bonchev–Trinajstić information content (AvgIpc) is 2.22. The predicted octanol–water partition coefficient (Wildman–Crippen LogP) is 2.32. The van der Waals surface area contributed by atoms with Crippen LogP contribution in [-0.4, -0.2) is 24.7 Å². The summed E-state index contributed by atoms with van der Waals surface area (Å²) < 4.78 is 31.1. The summed E-state index contributed by atoms with van der Waals surface area (Å²) in [6.07, 6.45) is 0. The van der Waals surface area contributed by atoms with Gasteiger partial charge in [-0.05, 0) is 6.92 Å². The molecule has 0 aliphatic rings. The van der Waals surface area contributed by atoms with Crippen LogP contribution in [0.25, 0.3) is 0 Å². The topological polar surface area (TPSA) is 64.4 Å². The zero-order chi connectivity index (χ0) is 12.8. The van der Waals surface area contributed by atoms with Crippen LogP contribution in [-0.2, 0) is 4.74 Å². The molecule has 0 atom stereocenters. The molecule has 0 amide bonds. The first-order chi connectivity index (χ1) is 8.06. The van der Waals surface area contributed by atoms with Crippen molar-refractivity contribution in [1.29, 1.82) is 0 Å². The van der Waals surface area contributed by atoms with E-state index >= 15 is 0 Å². The zero-order valence-corrected chi connectivity index (χ0v) is 9.20. The lowest BCUT2D eigenvalue weighted by atomic mass is 10.2. The molecule has 1 aromatic carbocycles. The minimum atomic E-state index is -1.20. The van der Waals surface area contributed by atoms with Crippen molar-refractivity contribution in [3.63, 3.8) is 0 Å². The van der Waals surface area contributed by atoms with Gasteiger partial charge in [-0.3, -0.25) is 10.1 Å². The molecule has 0 aliphatic carbocycles. The number of nitrogens with zero attached hydrogens (tertiary/aromatic N) is 1. The van der Waals surface area contributed by atoms with Crippen LogP contribution in [0, 0.1) is 21.7 Å². The monoisotopic (exact) mass is 246 g/mol. The fourth-order valence-corrected chi connectivity index (χ4v) is 1.29. The number of halogens is 2. The Balaban J connectivity index is 2.85. The molecule has 1 rings (SSSR count). The van der Waals surface area contributed by atoms with Crippen molar-refractivity contribution in [2.45, 2.75) is 6.92 Å². The maximum atomic E-state index is 13.2. The van der Waals surface area contributed by atoms with Gasteiger partial charge in [0.1, 0.15) is 11.5 Å². The summed E-state index contributed by atoms with van der Waals surface area (Å²) in [6, 6.07) is 1.36. The van der Waals surface area contributed by atoms with E-state index in [0.717, 1.165) is 6.07 Å². The number of hydrogen-bond acceptors (Lipinski definition) is 4. The van der Waals surface area contributed by atoms with Gasteiger partial charge in [-0.1, -0.05) is 0 Å². The molecule has 17 heavy (non-hydrogen) atoms. The second-order valence-corrected chi connectivity index (χ2v) is 3.16. The van der Waals surface area contributed by atoms with Crippen LogP contribution < -0.4 is 5.32 Å². The lowest BCUT2D eigenvalue weighted by molar-refractivity contribution is -0.386. The van der Waals surface area contributed by atoms with Gasteiger partial charge in [-0.15, -0.1) is 0 Å². The van der Waals surface area contributed by atoms with Gasteiger partial charge in [0.05, 0.1) is 11.5 Å². The van der Waals surface area contributed by atoms with Crippen LogP contribution in [0.5, 0.6) is 0 Å². The summed E-state index contributed by atoms with van der Waals surface area (Å²) in [5, 5.41) is 13.2. The highest BCUT2D eigenvalue weighted by Gasteiger charge is 2.21. The van der Waals surface area contributed by atoms with Gasteiger partial charge < -0.3 is 10.1 Å². The average molecular weight is 246 g/mol. The molecule has 0 saturated carbocycles. The molecule has 1 N–H and O–H groups in total. The van der Waals surface area contributed by atoms with Crippen LogP contribution in [0.3, 0.4) is 0 Å².